The first kappa shape index (κ1) is 8.70. The molecule has 3 heteroatoms. The van der Waals surface area contributed by atoms with E-state index in [1.807, 2.05) is 6.20 Å². The number of hydrogen-bond acceptors (Lipinski definition) is 2. The highest BCUT2D eigenvalue weighted by Crippen LogP contribution is 2.45. The van der Waals surface area contributed by atoms with Gasteiger partial charge in [-0.05, 0) is 42.3 Å². The lowest BCUT2D eigenvalue weighted by molar-refractivity contribution is 0.171. The Morgan fingerprint density at radius 3 is 2.83 bits per heavy atom. The Labute approximate surface area is 85.5 Å². The summed E-state index contributed by atoms with van der Waals surface area (Å²) in [4.78, 5) is 1.44. The maximum atomic E-state index is 4.13. The molecule has 0 radical (unpaired) electrons. The van der Waals surface area contributed by atoms with E-state index in [4.69, 9.17) is 0 Å². The smallest absolute Gasteiger partial charge is 0.0409 e. The summed E-state index contributed by atoms with van der Waals surface area (Å²) >= 11 is 5.26. The van der Waals surface area contributed by atoms with Gasteiger partial charge in [0.25, 0.3) is 0 Å². The Bertz CT molecular complexity index is 236. The summed E-state index contributed by atoms with van der Waals surface area (Å²) < 4.78 is 4.13. The van der Waals surface area contributed by atoms with Crippen molar-refractivity contribution in [1.29, 1.82) is 0 Å². The maximum Gasteiger partial charge on any atom is 0.0409 e. The van der Waals surface area contributed by atoms with E-state index >= 15 is 0 Å². The second kappa shape index (κ2) is 3.46. The number of halogens is 1. The number of aromatic nitrogens is 1. The molecule has 0 unspecified atom stereocenters. The summed E-state index contributed by atoms with van der Waals surface area (Å²) in [5.41, 5.74) is 0.576. The molecule has 12 heavy (non-hydrogen) atoms. The zero-order valence-corrected chi connectivity index (χ0v) is 9.33. The summed E-state index contributed by atoms with van der Waals surface area (Å²) in [5.74, 6) is 0. The van der Waals surface area contributed by atoms with Crippen LogP contribution in [-0.4, -0.2) is 9.70 Å². The SMILES string of the molecule is BrCC1(Cc2ccns2)CCC1. The average Bonchev–Trinajstić information content (AvgIpc) is 2.49. The molecule has 1 nitrogen and oxygen atoms in total. The van der Waals surface area contributed by atoms with Crippen molar-refractivity contribution in [3.8, 4) is 0 Å². The minimum absolute atomic E-state index is 0.576. The summed E-state index contributed by atoms with van der Waals surface area (Å²) in [6.07, 6.45) is 7.31. The molecule has 1 heterocycles. The van der Waals surface area contributed by atoms with Crippen LogP contribution in [0.2, 0.25) is 0 Å². The van der Waals surface area contributed by atoms with Crippen molar-refractivity contribution < 1.29 is 0 Å². The quantitative estimate of drug-likeness (QED) is 0.746. The van der Waals surface area contributed by atoms with Crippen LogP contribution in [0.1, 0.15) is 24.1 Å². The fraction of sp³-hybridized carbons (Fsp3) is 0.667. The van der Waals surface area contributed by atoms with Gasteiger partial charge in [0, 0.05) is 16.4 Å². The third-order valence-electron chi connectivity index (χ3n) is 2.74. The molecule has 1 aromatic heterocycles. The van der Waals surface area contributed by atoms with Crippen LogP contribution in [0.25, 0.3) is 0 Å². The second-order valence-corrected chi connectivity index (χ2v) is 5.12. The van der Waals surface area contributed by atoms with Gasteiger partial charge in [0.05, 0.1) is 0 Å². The second-order valence-electron chi connectivity index (χ2n) is 3.64. The lowest BCUT2D eigenvalue weighted by Gasteiger charge is -2.40. The fourth-order valence-corrected chi connectivity index (χ4v) is 3.25. The molecule has 0 saturated heterocycles. The molecule has 0 aromatic carbocycles. The number of alkyl halides is 1. The van der Waals surface area contributed by atoms with Gasteiger partial charge in [0.15, 0.2) is 0 Å². The van der Waals surface area contributed by atoms with E-state index in [-0.39, 0.29) is 0 Å². The fourth-order valence-electron chi connectivity index (χ4n) is 1.74. The molecule has 1 fully saturated rings. The topological polar surface area (TPSA) is 12.9 Å². The van der Waals surface area contributed by atoms with Gasteiger partial charge in [-0.15, -0.1) is 0 Å². The normalized spacial score (nSPS) is 20.4. The minimum Gasteiger partial charge on any atom is -0.201 e. The third kappa shape index (κ3) is 1.57. The Hall–Kier alpha value is 0.110. The Kier molecular flexibility index (Phi) is 2.51. The van der Waals surface area contributed by atoms with Crippen LogP contribution >= 0.6 is 27.5 Å². The Morgan fingerprint density at radius 1 is 1.58 bits per heavy atom. The van der Waals surface area contributed by atoms with Crippen LogP contribution in [0, 0.1) is 5.41 Å². The minimum atomic E-state index is 0.576. The van der Waals surface area contributed by atoms with Crippen LogP contribution in [-0.2, 0) is 6.42 Å². The summed E-state index contributed by atoms with van der Waals surface area (Å²) in [6, 6.07) is 2.15. The van der Waals surface area contributed by atoms with Crippen LogP contribution in [0.5, 0.6) is 0 Å². The van der Waals surface area contributed by atoms with Gasteiger partial charge < -0.3 is 0 Å². The van der Waals surface area contributed by atoms with E-state index < -0.39 is 0 Å². The molecule has 0 aliphatic heterocycles. The molecular weight excluding hydrogens is 234 g/mol. The van der Waals surface area contributed by atoms with Gasteiger partial charge in [-0.1, -0.05) is 22.4 Å². The van der Waals surface area contributed by atoms with E-state index in [2.05, 4.69) is 26.4 Å². The zero-order chi connectivity index (χ0) is 8.44. The highest BCUT2D eigenvalue weighted by molar-refractivity contribution is 9.09. The van der Waals surface area contributed by atoms with Crippen LogP contribution < -0.4 is 0 Å². The Balaban J connectivity index is 2.01. The van der Waals surface area contributed by atoms with Crippen molar-refractivity contribution in [2.75, 3.05) is 5.33 Å². The number of hydrogen-bond donors (Lipinski definition) is 0. The Morgan fingerprint density at radius 2 is 2.42 bits per heavy atom. The highest BCUT2D eigenvalue weighted by atomic mass is 79.9. The summed E-state index contributed by atoms with van der Waals surface area (Å²) in [5, 5.41) is 1.15. The van der Waals surface area contributed by atoms with E-state index in [0.717, 1.165) is 5.33 Å². The third-order valence-corrected chi connectivity index (χ3v) is 4.67. The van der Waals surface area contributed by atoms with E-state index in [1.54, 1.807) is 11.5 Å². The molecule has 0 N–H and O–H groups in total. The van der Waals surface area contributed by atoms with Gasteiger partial charge in [-0.2, -0.15) is 0 Å². The molecule has 1 aromatic rings. The van der Waals surface area contributed by atoms with Crippen LogP contribution in [0.15, 0.2) is 12.3 Å². The van der Waals surface area contributed by atoms with E-state index in [1.165, 1.54) is 30.6 Å². The maximum absolute atomic E-state index is 4.13. The van der Waals surface area contributed by atoms with Gasteiger partial charge >= 0.3 is 0 Å². The summed E-state index contributed by atoms with van der Waals surface area (Å²) in [7, 11) is 0. The molecule has 0 amide bonds. The van der Waals surface area contributed by atoms with Crippen molar-refractivity contribution in [3.63, 3.8) is 0 Å². The monoisotopic (exact) mass is 245 g/mol. The lowest BCUT2D eigenvalue weighted by atomic mass is 9.68. The van der Waals surface area contributed by atoms with Gasteiger partial charge in [-0.3, -0.25) is 0 Å². The van der Waals surface area contributed by atoms with E-state index in [0.29, 0.717) is 5.41 Å². The highest BCUT2D eigenvalue weighted by Gasteiger charge is 2.36. The molecule has 1 saturated carbocycles. The molecule has 0 spiro atoms. The van der Waals surface area contributed by atoms with Crippen LogP contribution in [0.4, 0.5) is 0 Å². The van der Waals surface area contributed by atoms with Gasteiger partial charge in [-0.25, -0.2) is 4.37 Å². The molecule has 1 aliphatic rings. The van der Waals surface area contributed by atoms with Crippen molar-refractivity contribution >= 4 is 27.5 Å². The van der Waals surface area contributed by atoms with Crippen molar-refractivity contribution in [2.45, 2.75) is 25.7 Å². The lowest BCUT2D eigenvalue weighted by Crippen LogP contribution is -2.33. The predicted molar refractivity (Wildman–Crippen MR) is 55.9 cm³/mol. The van der Waals surface area contributed by atoms with Gasteiger partial charge in [0.2, 0.25) is 0 Å². The van der Waals surface area contributed by atoms with Crippen molar-refractivity contribution in [1.82, 2.24) is 4.37 Å². The predicted octanol–water partition coefficient (Wildman–Crippen LogP) is 3.25. The molecule has 0 bridgehead atoms. The van der Waals surface area contributed by atoms with Crippen LogP contribution in [0.3, 0.4) is 0 Å². The molecule has 1 aliphatic carbocycles. The van der Waals surface area contributed by atoms with E-state index in [9.17, 15) is 0 Å². The zero-order valence-electron chi connectivity index (χ0n) is 6.92. The first-order valence-corrected chi connectivity index (χ1v) is 6.20. The average molecular weight is 246 g/mol. The van der Waals surface area contributed by atoms with Gasteiger partial charge in [0.1, 0.15) is 0 Å². The molecule has 0 atom stereocenters. The standard InChI is InChI=1S/C9H12BrNS/c10-7-9(3-1-4-9)6-8-2-5-11-12-8/h2,5H,1,3-4,6-7H2. The molecular formula is C9H12BrNS. The molecule has 66 valence electrons. The van der Waals surface area contributed by atoms with Crippen molar-refractivity contribution in [2.24, 2.45) is 5.41 Å². The largest absolute Gasteiger partial charge is 0.201 e. The first-order chi connectivity index (χ1) is 5.85. The molecule has 2 rings (SSSR count). The summed E-state index contributed by atoms with van der Waals surface area (Å²) in [6.45, 7) is 0. The van der Waals surface area contributed by atoms with Crippen molar-refractivity contribution in [3.05, 3.63) is 17.1 Å². The number of rotatable bonds is 3. The first-order valence-electron chi connectivity index (χ1n) is 4.30. The number of nitrogens with zero attached hydrogens (tertiary/aromatic N) is 1.